The second kappa shape index (κ2) is 5.15. The fraction of sp³-hybridized carbons (Fsp3) is 0.571. The van der Waals surface area contributed by atoms with E-state index in [1.165, 1.54) is 12.5 Å². The van der Waals surface area contributed by atoms with Crippen LogP contribution in [-0.4, -0.2) is 17.5 Å². The summed E-state index contributed by atoms with van der Waals surface area (Å²) in [4.78, 5) is 2.46. The maximum absolute atomic E-state index is 13.3. The molecular formula is C14H21FN2. The second-order valence-electron chi connectivity index (χ2n) is 5.25. The summed E-state index contributed by atoms with van der Waals surface area (Å²) in [5.41, 5.74) is 7.30. The first kappa shape index (κ1) is 12.5. The molecule has 2 unspecified atom stereocenters. The Morgan fingerprint density at radius 2 is 2.18 bits per heavy atom. The van der Waals surface area contributed by atoms with Crippen molar-refractivity contribution in [3.63, 3.8) is 0 Å². The Kier molecular flexibility index (Phi) is 3.79. The first-order valence-electron chi connectivity index (χ1n) is 6.31. The summed E-state index contributed by atoms with van der Waals surface area (Å²) in [5, 5.41) is 0. The largest absolute Gasteiger partial charge is 0.326 e. The predicted molar refractivity (Wildman–Crippen MR) is 67.9 cm³/mol. The number of hydrogen-bond acceptors (Lipinski definition) is 2. The summed E-state index contributed by atoms with van der Waals surface area (Å²) < 4.78 is 13.3. The fourth-order valence-electron chi connectivity index (χ4n) is 2.72. The Hall–Kier alpha value is -0.930. The van der Waals surface area contributed by atoms with Crippen LogP contribution < -0.4 is 5.73 Å². The van der Waals surface area contributed by atoms with Gasteiger partial charge in [0.05, 0.1) is 0 Å². The molecule has 2 N–H and O–H groups in total. The maximum atomic E-state index is 13.3. The van der Waals surface area contributed by atoms with Crippen molar-refractivity contribution in [1.29, 1.82) is 0 Å². The minimum absolute atomic E-state index is 0.195. The smallest absolute Gasteiger partial charge is 0.127 e. The number of halogens is 1. The van der Waals surface area contributed by atoms with Crippen LogP contribution in [0.4, 0.5) is 4.39 Å². The molecule has 0 aromatic heterocycles. The molecule has 3 heteroatoms. The van der Waals surface area contributed by atoms with Crippen LogP contribution in [0.15, 0.2) is 18.2 Å². The molecule has 0 amide bonds. The lowest BCUT2D eigenvalue weighted by Gasteiger charge is -2.21. The van der Waals surface area contributed by atoms with Crippen molar-refractivity contribution in [2.24, 2.45) is 11.7 Å². The number of benzene rings is 1. The number of likely N-dealkylation sites (tertiary alicyclic amines) is 1. The Bertz CT molecular complexity index is 392. The van der Waals surface area contributed by atoms with Crippen molar-refractivity contribution < 1.29 is 4.39 Å². The number of hydrogen-bond donors (Lipinski definition) is 1. The van der Waals surface area contributed by atoms with Gasteiger partial charge in [-0.2, -0.15) is 0 Å². The van der Waals surface area contributed by atoms with Crippen molar-refractivity contribution in [1.82, 2.24) is 4.90 Å². The first-order valence-corrected chi connectivity index (χ1v) is 6.31. The predicted octanol–water partition coefficient (Wildman–Crippen LogP) is 2.51. The highest BCUT2D eigenvalue weighted by Crippen LogP contribution is 2.24. The minimum atomic E-state index is -0.195. The monoisotopic (exact) mass is 236 g/mol. The average molecular weight is 236 g/mol. The number of nitrogens with zero attached hydrogens (tertiary/aromatic N) is 1. The molecule has 17 heavy (non-hydrogen) atoms. The van der Waals surface area contributed by atoms with E-state index in [0.29, 0.717) is 11.6 Å². The van der Waals surface area contributed by atoms with Gasteiger partial charge in [-0.25, -0.2) is 4.39 Å². The van der Waals surface area contributed by atoms with Crippen molar-refractivity contribution in [3.8, 4) is 0 Å². The molecule has 0 saturated carbocycles. The molecule has 94 valence electrons. The minimum Gasteiger partial charge on any atom is -0.326 e. The van der Waals surface area contributed by atoms with Crippen LogP contribution in [0, 0.1) is 11.7 Å². The van der Waals surface area contributed by atoms with E-state index in [0.717, 1.165) is 24.6 Å². The van der Waals surface area contributed by atoms with Crippen LogP contribution in [0.1, 0.15) is 31.4 Å². The second-order valence-corrected chi connectivity index (χ2v) is 5.25. The first-order chi connectivity index (χ1) is 8.10. The van der Waals surface area contributed by atoms with Gasteiger partial charge in [0.1, 0.15) is 5.82 Å². The van der Waals surface area contributed by atoms with Crippen LogP contribution >= 0.6 is 0 Å². The highest BCUT2D eigenvalue weighted by molar-refractivity contribution is 5.25. The molecule has 2 atom stereocenters. The molecule has 1 aromatic carbocycles. The topological polar surface area (TPSA) is 29.3 Å². The van der Waals surface area contributed by atoms with E-state index in [9.17, 15) is 4.39 Å². The lowest BCUT2D eigenvalue weighted by Crippen LogP contribution is -2.26. The summed E-state index contributed by atoms with van der Waals surface area (Å²) in [7, 11) is 0. The molecule has 0 bridgehead atoms. The van der Waals surface area contributed by atoms with Gasteiger partial charge in [0.15, 0.2) is 0 Å². The van der Waals surface area contributed by atoms with Crippen LogP contribution in [0.5, 0.6) is 0 Å². The highest BCUT2D eigenvalue weighted by Gasteiger charge is 2.25. The van der Waals surface area contributed by atoms with Crippen molar-refractivity contribution in [3.05, 3.63) is 35.1 Å². The van der Waals surface area contributed by atoms with E-state index in [1.54, 1.807) is 0 Å². The van der Waals surface area contributed by atoms with E-state index in [4.69, 9.17) is 5.73 Å². The van der Waals surface area contributed by atoms with Gasteiger partial charge >= 0.3 is 0 Å². The lowest BCUT2D eigenvalue weighted by atomic mass is 10.1. The van der Waals surface area contributed by atoms with Gasteiger partial charge < -0.3 is 5.73 Å². The van der Waals surface area contributed by atoms with Crippen LogP contribution in [0.25, 0.3) is 0 Å². The van der Waals surface area contributed by atoms with Crippen LogP contribution in [0.3, 0.4) is 0 Å². The number of rotatable bonds is 3. The third-order valence-corrected chi connectivity index (χ3v) is 3.63. The van der Waals surface area contributed by atoms with E-state index in [-0.39, 0.29) is 12.4 Å². The van der Waals surface area contributed by atoms with Gasteiger partial charge in [-0.05, 0) is 30.9 Å². The summed E-state index contributed by atoms with van der Waals surface area (Å²) >= 11 is 0. The summed E-state index contributed by atoms with van der Waals surface area (Å²) in [6.45, 7) is 6.85. The van der Waals surface area contributed by atoms with E-state index >= 15 is 0 Å². The molecule has 0 radical (unpaired) electrons. The van der Waals surface area contributed by atoms with Crippen molar-refractivity contribution >= 4 is 0 Å². The molecule has 2 nitrogen and oxygen atoms in total. The third-order valence-electron chi connectivity index (χ3n) is 3.63. The normalized spacial score (nSPS) is 25.4. The Labute approximate surface area is 103 Å². The molecule has 0 spiro atoms. The molecule has 2 rings (SSSR count). The molecule has 1 aliphatic rings. The zero-order chi connectivity index (χ0) is 12.4. The quantitative estimate of drug-likeness (QED) is 0.873. The molecule has 1 aromatic rings. The Morgan fingerprint density at radius 1 is 1.41 bits per heavy atom. The molecule has 0 aliphatic carbocycles. The van der Waals surface area contributed by atoms with Gasteiger partial charge in [0, 0.05) is 31.2 Å². The zero-order valence-electron chi connectivity index (χ0n) is 10.6. The lowest BCUT2D eigenvalue weighted by molar-refractivity contribution is 0.256. The van der Waals surface area contributed by atoms with Crippen molar-refractivity contribution in [2.75, 3.05) is 6.54 Å². The zero-order valence-corrected chi connectivity index (χ0v) is 10.6. The van der Waals surface area contributed by atoms with Crippen LogP contribution in [0.2, 0.25) is 0 Å². The third kappa shape index (κ3) is 2.85. The maximum Gasteiger partial charge on any atom is 0.127 e. The summed E-state index contributed by atoms with van der Waals surface area (Å²) in [6, 6.07) is 5.91. The van der Waals surface area contributed by atoms with Gasteiger partial charge in [0.25, 0.3) is 0 Å². The van der Waals surface area contributed by atoms with Gasteiger partial charge in [-0.3, -0.25) is 4.90 Å². The summed E-state index contributed by atoms with van der Waals surface area (Å²) in [5.74, 6) is 0.568. The van der Waals surface area contributed by atoms with E-state index in [2.05, 4.69) is 18.7 Å². The van der Waals surface area contributed by atoms with Gasteiger partial charge in [-0.1, -0.05) is 19.1 Å². The molecule has 1 heterocycles. The van der Waals surface area contributed by atoms with E-state index < -0.39 is 0 Å². The van der Waals surface area contributed by atoms with Gasteiger partial charge in [-0.15, -0.1) is 0 Å². The standard InChI is InChI=1S/C14H21FN2/c1-10-5-11(2)17(8-10)9-12-3-4-14(15)13(6-12)7-16/h3-4,6,10-11H,5,7-9,16H2,1-2H3. The molecule has 1 fully saturated rings. The highest BCUT2D eigenvalue weighted by atomic mass is 19.1. The van der Waals surface area contributed by atoms with Crippen molar-refractivity contribution in [2.45, 2.75) is 39.4 Å². The molecule has 1 aliphatic heterocycles. The van der Waals surface area contributed by atoms with E-state index in [1.807, 2.05) is 12.1 Å². The number of nitrogens with two attached hydrogens (primary N) is 1. The Balaban J connectivity index is 2.08. The molecule has 1 saturated heterocycles. The van der Waals surface area contributed by atoms with Crippen LogP contribution in [-0.2, 0) is 13.1 Å². The average Bonchev–Trinajstić information content (AvgIpc) is 2.60. The SMILES string of the molecule is CC1CC(C)N(Cc2ccc(F)c(CN)c2)C1. The Morgan fingerprint density at radius 3 is 2.76 bits per heavy atom. The van der Waals surface area contributed by atoms with Gasteiger partial charge in [0.2, 0.25) is 0 Å². The fourth-order valence-corrected chi connectivity index (χ4v) is 2.72. The molecular weight excluding hydrogens is 215 g/mol. The summed E-state index contributed by atoms with van der Waals surface area (Å²) in [6.07, 6.45) is 1.25.